The summed E-state index contributed by atoms with van der Waals surface area (Å²) in [4.78, 5) is 4.67. The first kappa shape index (κ1) is 12.9. The van der Waals surface area contributed by atoms with Crippen molar-refractivity contribution in [3.05, 3.63) is 0 Å². The number of amidine groups is 1. The van der Waals surface area contributed by atoms with Crippen molar-refractivity contribution in [3.63, 3.8) is 0 Å². The maximum absolute atomic E-state index is 4.67. The minimum absolute atomic E-state index is 0.178. The highest BCUT2D eigenvalue weighted by atomic mass is 32.2. The fourth-order valence-electron chi connectivity index (χ4n) is 2.04. The Kier molecular flexibility index (Phi) is 4.50. The molecule has 88 valence electrons. The van der Waals surface area contributed by atoms with Gasteiger partial charge in [0.25, 0.3) is 0 Å². The fourth-order valence-corrected chi connectivity index (χ4v) is 3.37. The van der Waals surface area contributed by atoms with Gasteiger partial charge in [0.15, 0.2) is 5.17 Å². The molecular weight excluding hydrogens is 204 g/mol. The number of nitrogens with one attached hydrogen (secondary N) is 1. The predicted octanol–water partition coefficient (Wildman–Crippen LogP) is 3.42. The molecule has 1 heterocycles. The summed E-state index contributed by atoms with van der Waals surface area (Å²) in [7, 11) is 0. The van der Waals surface area contributed by atoms with E-state index >= 15 is 0 Å². The SMILES string of the molecule is CCCC(C)(C)NC1=NC(C)CC(C)S1. The van der Waals surface area contributed by atoms with Crippen molar-refractivity contribution in [2.24, 2.45) is 4.99 Å². The third-order valence-corrected chi connectivity index (χ3v) is 3.67. The standard InChI is InChI=1S/C12H24N2S/c1-6-7-12(4,5)14-11-13-9(2)8-10(3)15-11/h9-10H,6-8H2,1-5H3,(H,13,14). The van der Waals surface area contributed by atoms with Gasteiger partial charge in [-0.25, -0.2) is 0 Å². The molecule has 0 fully saturated rings. The second-order valence-electron chi connectivity index (χ2n) is 5.21. The third-order valence-electron chi connectivity index (χ3n) is 2.64. The molecule has 0 aromatic carbocycles. The maximum atomic E-state index is 4.67. The summed E-state index contributed by atoms with van der Waals surface area (Å²) in [5, 5.41) is 5.40. The highest BCUT2D eigenvalue weighted by Gasteiger charge is 2.23. The number of hydrogen-bond donors (Lipinski definition) is 1. The van der Waals surface area contributed by atoms with Crippen molar-refractivity contribution in [2.75, 3.05) is 0 Å². The van der Waals surface area contributed by atoms with Gasteiger partial charge in [-0.1, -0.05) is 32.0 Å². The van der Waals surface area contributed by atoms with E-state index in [4.69, 9.17) is 0 Å². The summed E-state index contributed by atoms with van der Waals surface area (Å²) in [6, 6.07) is 0.473. The van der Waals surface area contributed by atoms with Crippen molar-refractivity contribution >= 4 is 16.9 Å². The van der Waals surface area contributed by atoms with E-state index in [0.717, 1.165) is 5.17 Å². The van der Waals surface area contributed by atoms with Crippen LogP contribution in [-0.4, -0.2) is 22.0 Å². The predicted molar refractivity (Wildman–Crippen MR) is 70.7 cm³/mol. The number of aliphatic imine (C=N–C) groups is 1. The van der Waals surface area contributed by atoms with E-state index in [1.54, 1.807) is 0 Å². The molecule has 15 heavy (non-hydrogen) atoms. The van der Waals surface area contributed by atoms with Crippen LogP contribution in [0, 0.1) is 0 Å². The maximum Gasteiger partial charge on any atom is 0.157 e. The first-order valence-corrected chi connectivity index (χ1v) is 6.83. The Labute approximate surface area is 98.3 Å². The van der Waals surface area contributed by atoms with Gasteiger partial charge in [-0.2, -0.15) is 0 Å². The van der Waals surface area contributed by atoms with Crippen LogP contribution in [0.15, 0.2) is 4.99 Å². The van der Waals surface area contributed by atoms with Crippen LogP contribution >= 0.6 is 11.8 Å². The summed E-state index contributed by atoms with van der Waals surface area (Å²) >= 11 is 1.88. The molecule has 1 aliphatic rings. The first-order valence-electron chi connectivity index (χ1n) is 5.95. The van der Waals surface area contributed by atoms with Crippen LogP contribution in [0.1, 0.15) is 53.9 Å². The number of hydrogen-bond acceptors (Lipinski definition) is 3. The van der Waals surface area contributed by atoms with Crippen LogP contribution in [0.25, 0.3) is 0 Å². The molecule has 0 aromatic heterocycles. The molecular formula is C12H24N2S. The summed E-state index contributed by atoms with van der Waals surface area (Å²) in [6.45, 7) is 11.2. The molecule has 2 unspecified atom stereocenters. The molecule has 0 radical (unpaired) electrons. The van der Waals surface area contributed by atoms with Crippen LogP contribution in [0.3, 0.4) is 0 Å². The lowest BCUT2D eigenvalue weighted by molar-refractivity contribution is 0.421. The minimum Gasteiger partial charge on any atom is -0.360 e. The van der Waals surface area contributed by atoms with Crippen molar-refractivity contribution in [1.29, 1.82) is 0 Å². The number of nitrogens with zero attached hydrogens (tertiary/aromatic N) is 1. The highest BCUT2D eigenvalue weighted by Crippen LogP contribution is 2.25. The molecule has 0 aliphatic carbocycles. The number of thioether (sulfide) groups is 1. The second-order valence-corrected chi connectivity index (χ2v) is 6.63. The smallest absolute Gasteiger partial charge is 0.157 e. The van der Waals surface area contributed by atoms with Gasteiger partial charge in [-0.05, 0) is 33.6 Å². The molecule has 3 heteroatoms. The van der Waals surface area contributed by atoms with Gasteiger partial charge in [-0.15, -0.1) is 0 Å². The molecule has 2 atom stereocenters. The molecule has 0 aromatic rings. The van der Waals surface area contributed by atoms with E-state index in [-0.39, 0.29) is 5.54 Å². The molecule has 0 saturated carbocycles. The lowest BCUT2D eigenvalue weighted by Crippen LogP contribution is -2.44. The topological polar surface area (TPSA) is 24.4 Å². The van der Waals surface area contributed by atoms with Crippen molar-refractivity contribution in [3.8, 4) is 0 Å². The Balaban J connectivity index is 2.57. The Morgan fingerprint density at radius 2 is 2.13 bits per heavy atom. The molecule has 1 rings (SSSR count). The van der Waals surface area contributed by atoms with Crippen LogP contribution in [0.5, 0.6) is 0 Å². The van der Waals surface area contributed by atoms with Crippen LogP contribution in [-0.2, 0) is 0 Å². The summed E-state index contributed by atoms with van der Waals surface area (Å²) in [5.74, 6) is 0. The zero-order valence-corrected chi connectivity index (χ0v) is 11.4. The van der Waals surface area contributed by atoms with Gasteiger partial charge >= 0.3 is 0 Å². The van der Waals surface area contributed by atoms with Crippen LogP contribution < -0.4 is 5.32 Å². The Bertz CT molecular complexity index is 236. The van der Waals surface area contributed by atoms with E-state index in [2.05, 4.69) is 44.9 Å². The summed E-state index contributed by atoms with van der Waals surface area (Å²) in [6.07, 6.45) is 3.60. The lowest BCUT2D eigenvalue weighted by Gasteiger charge is -2.31. The van der Waals surface area contributed by atoms with E-state index in [1.165, 1.54) is 19.3 Å². The third kappa shape index (κ3) is 4.45. The average Bonchev–Trinajstić information content (AvgIpc) is 1.99. The average molecular weight is 228 g/mol. The van der Waals surface area contributed by atoms with Crippen molar-refractivity contribution < 1.29 is 0 Å². The quantitative estimate of drug-likeness (QED) is 0.800. The van der Waals surface area contributed by atoms with Gasteiger partial charge < -0.3 is 5.32 Å². The van der Waals surface area contributed by atoms with Gasteiger partial charge in [0.1, 0.15) is 0 Å². The van der Waals surface area contributed by atoms with Gasteiger partial charge in [0, 0.05) is 10.8 Å². The molecule has 0 saturated heterocycles. The largest absolute Gasteiger partial charge is 0.360 e. The first-order chi connectivity index (χ1) is 6.93. The molecule has 2 nitrogen and oxygen atoms in total. The minimum atomic E-state index is 0.178. The van der Waals surface area contributed by atoms with E-state index in [1.807, 2.05) is 11.8 Å². The van der Waals surface area contributed by atoms with E-state index < -0.39 is 0 Å². The second kappa shape index (κ2) is 5.24. The fraction of sp³-hybridized carbons (Fsp3) is 0.917. The molecule has 0 amide bonds. The van der Waals surface area contributed by atoms with E-state index in [9.17, 15) is 0 Å². The molecule has 0 spiro atoms. The van der Waals surface area contributed by atoms with Gasteiger partial charge in [0.05, 0.1) is 6.04 Å². The Morgan fingerprint density at radius 3 is 2.67 bits per heavy atom. The zero-order chi connectivity index (χ0) is 11.5. The van der Waals surface area contributed by atoms with Gasteiger partial charge in [-0.3, -0.25) is 4.99 Å². The normalized spacial score (nSPS) is 27.4. The Hall–Kier alpha value is -0.180. The zero-order valence-electron chi connectivity index (χ0n) is 10.6. The lowest BCUT2D eigenvalue weighted by atomic mass is 10.00. The van der Waals surface area contributed by atoms with Crippen molar-refractivity contribution in [1.82, 2.24) is 5.32 Å². The van der Waals surface area contributed by atoms with Gasteiger partial charge in [0.2, 0.25) is 0 Å². The van der Waals surface area contributed by atoms with Crippen LogP contribution in [0.4, 0.5) is 0 Å². The molecule has 0 bridgehead atoms. The summed E-state index contributed by atoms with van der Waals surface area (Å²) < 4.78 is 0. The molecule has 1 N–H and O–H groups in total. The van der Waals surface area contributed by atoms with E-state index in [0.29, 0.717) is 11.3 Å². The van der Waals surface area contributed by atoms with Crippen LogP contribution in [0.2, 0.25) is 0 Å². The summed E-state index contributed by atoms with van der Waals surface area (Å²) in [5.41, 5.74) is 0.178. The monoisotopic (exact) mass is 228 g/mol. The molecule has 1 aliphatic heterocycles. The van der Waals surface area contributed by atoms with Crippen molar-refractivity contribution in [2.45, 2.75) is 70.7 Å². The Morgan fingerprint density at radius 1 is 1.47 bits per heavy atom. The highest BCUT2D eigenvalue weighted by molar-refractivity contribution is 8.14. The number of rotatable bonds is 3.